The van der Waals surface area contributed by atoms with Crippen LogP contribution in [-0.4, -0.2) is 11.6 Å². The van der Waals surface area contributed by atoms with Gasteiger partial charge in [0.25, 0.3) is 0 Å². The molecule has 0 heterocycles. The van der Waals surface area contributed by atoms with Gasteiger partial charge < -0.3 is 0 Å². The van der Waals surface area contributed by atoms with E-state index in [4.69, 9.17) is 0 Å². The Kier molecular flexibility index (Phi) is 7.62. The van der Waals surface area contributed by atoms with Gasteiger partial charge in [-0.1, -0.05) is 66.7 Å². The molecule has 0 aromatic heterocycles. The molecule has 0 aliphatic heterocycles. The molecule has 0 amide bonds. The molecule has 0 N–H and O–H groups in total. The largest absolute Gasteiger partial charge is 0.416 e. The number of carbonyl (C=O) groups is 2. The molecule has 0 saturated heterocycles. The Bertz CT molecular complexity index is 1040. The van der Waals surface area contributed by atoms with Gasteiger partial charge in [-0.3, -0.25) is 9.59 Å². The van der Waals surface area contributed by atoms with E-state index in [9.17, 15) is 22.8 Å². The fraction of sp³-hybridized carbons (Fsp3) is 0.259. The molecule has 0 saturated carbocycles. The van der Waals surface area contributed by atoms with Crippen molar-refractivity contribution < 1.29 is 22.8 Å². The number of aryl methyl sites for hydroxylation is 1. The van der Waals surface area contributed by atoms with Gasteiger partial charge in [-0.15, -0.1) is 0 Å². The minimum absolute atomic E-state index is 0.00721. The molecule has 0 aliphatic carbocycles. The molecule has 3 aromatic rings. The zero-order chi connectivity index (χ0) is 23.1. The molecule has 2 nitrogen and oxygen atoms in total. The van der Waals surface area contributed by atoms with Crippen LogP contribution in [0.1, 0.15) is 47.7 Å². The van der Waals surface area contributed by atoms with E-state index < -0.39 is 11.7 Å². The van der Waals surface area contributed by atoms with Gasteiger partial charge in [0.05, 0.1) is 5.56 Å². The van der Waals surface area contributed by atoms with Crippen LogP contribution in [-0.2, 0) is 17.4 Å². The summed E-state index contributed by atoms with van der Waals surface area (Å²) in [5.74, 6) is -0.419. The summed E-state index contributed by atoms with van der Waals surface area (Å²) in [6.45, 7) is 1.52. The lowest BCUT2D eigenvalue weighted by molar-refractivity contribution is -0.137. The fourth-order valence-corrected chi connectivity index (χ4v) is 3.69. The second-order valence-corrected chi connectivity index (χ2v) is 7.97. The summed E-state index contributed by atoms with van der Waals surface area (Å²) >= 11 is 0. The number of ketones is 2. The minimum atomic E-state index is -4.37. The third-order valence-electron chi connectivity index (χ3n) is 5.62. The maximum Gasteiger partial charge on any atom is 0.416 e. The standard InChI is InChI=1S/C27H25F3O2/c1-19(31)24(9-5-8-20-6-3-2-4-7-20)18-26(32)23-12-10-21(11-13-23)22-14-16-25(17-15-22)27(28,29)30/h2-4,6-7,10-17,24H,5,8-9,18H2,1H3. The molecular formula is C27H25F3O2. The van der Waals surface area contributed by atoms with E-state index in [2.05, 4.69) is 0 Å². The maximum atomic E-state index is 12.7. The van der Waals surface area contributed by atoms with E-state index in [1.165, 1.54) is 24.6 Å². The number of Topliss-reactive ketones (excluding diaryl/α,β-unsaturated/α-hetero) is 2. The molecule has 3 rings (SSSR count). The highest BCUT2D eigenvalue weighted by molar-refractivity contribution is 5.99. The van der Waals surface area contributed by atoms with Crippen molar-refractivity contribution >= 4 is 11.6 Å². The summed E-state index contributed by atoms with van der Waals surface area (Å²) in [6, 6.07) is 21.7. The highest BCUT2D eigenvalue weighted by Crippen LogP contribution is 2.31. The zero-order valence-electron chi connectivity index (χ0n) is 17.9. The van der Waals surface area contributed by atoms with Gasteiger partial charge in [-0.05, 0) is 55.0 Å². The number of hydrogen-bond acceptors (Lipinski definition) is 2. The van der Waals surface area contributed by atoms with Crippen LogP contribution >= 0.6 is 0 Å². The Morgan fingerprint density at radius 3 is 1.91 bits per heavy atom. The van der Waals surface area contributed by atoms with Crippen LogP contribution in [0.2, 0.25) is 0 Å². The summed E-state index contributed by atoms with van der Waals surface area (Å²) in [4.78, 5) is 24.8. The molecular weight excluding hydrogens is 413 g/mol. The van der Waals surface area contributed by atoms with Crippen molar-refractivity contribution in [1.29, 1.82) is 0 Å². The van der Waals surface area contributed by atoms with Crippen LogP contribution in [0.25, 0.3) is 11.1 Å². The Hall–Kier alpha value is -3.21. The van der Waals surface area contributed by atoms with Crippen LogP contribution in [0.15, 0.2) is 78.9 Å². The molecule has 0 spiro atoms. The molecule has 32 heavy (non-hydrogen) atoms. The third kappa shape index (κ3) is 6.39. The van der Waals surface area contributed by atoms with Crippen LogP contribution < -0.4 is 0 Å². The highest BCUT2D eigenvalue weighted by atomic mass is 19.4. The van der Waals surface area contributed by atoms with Crippen LogP contribution in [0, 0.1) is 5.92 Å². The summed E-state index contributed by atoms with van der Waals surface area (Å²) < 4.78 is 38.2. The van der Waals surface area contributed by atoms with Crippen LogP contribution in [0.5, 0.6) is 0 Å². The van der Waals surface area contributed by atoms with Gasteiger partial charge in [-0.25, -0.2) is 0 Å². The van der Waals surface area contributed by atoms with Gasteiger partial charge in [0.15, 0.2) is 5.78 Å². The lowest BCUT2D eigenvalue weighted by Gasteiger charge is -2.13. The summed E-state index contributed by atoms with van der Waals surface area (Å²) in [5.41, 5.74) is 2.37. The number of halogens is 3. The monoisotopic (exact) mass is 438 g/mol. The molecule has 3 aromatic carbocycles. The van der Waals surface area contributed by atoms with Crippen LogP contribution in [0.3, 0.4) is 0 Å². The summed E-state index contributed by atoms with van der Waals surface area (Å²) in [7, 11) is 0. The van der Waals surface area contributed by atoms with Crippen molar-refractivity contribution in [2.24, 2.45) is 5.92 Å². The first-order valence-electron chi connectivity index (χ1n) is 10.6. The third-order valence-corrected chi connectivity index (χ3v) is 5.62. The van der Waals surface area contributed by atoms with Crippen molar-refractivity contribution in [1.82, 2.24) is 0 Å². The average molecular weight is 438 g/mol. The average Bonchev–Trinajstić information content (AvgIpc) is 2.78. The van der Waals surface area contributed by atoms with E-state index in [1.54, 1.807) is 24.3 Å². The first-order valence-corrected chi connectivity index (χ1v) is 10.6. The predicted octanol–water partition coefficient (Wildman–Crippen LogP) is 7.17. The summed E-state index contributed by atoms with van der Waals surface area (Å²) in [5, 5.41) is 0. The minimum Gasteiger partial charge on any atom is -0.300 e. The van der Waals surface area contributed by atoms with E-state index in [1.807, 2.05) is 30.3 Å². The van der Waals surface area contributed by atoms with Crippen molar-refractivity contribution in [2.45, 2.75) is 38.8 Å². The highest BCUT2D eigenvalue weighted by Gasteiger charge is 2.30. The van der Waals surface area contributed by atoms with Gasteiger partial charge in [0.2, 0.25) is 0 Å². The fourth-order valence-electron chi connectivity index (χ4n) is 3.69. The van der Waals surface area contributed by atoms with Gasteiger partial charge in [-0.2, -0.15) is 13.2 Å². The molecule has 1 unspecified atom stereocenters. The Balaban J connectivity index is 1.60. The number of alkyl halides is 3. The first kappa shape index (κ1) is 23.5. The van der Waals surface area contributed by atoms with E-state index in [-0.39, 0.29) is 23.9 Å². The van der Waals surface area contributed by atoms with Gasteiger partial charge in [0, 0.05) is 17.9 Å². The second kappa shape index (κ2) is 10.4. The molecule has 0 fully saturated rings. The van der Waals surface area contributed by atoms with Crippen molar-refractivity contribution in [2.75, 3.05) is 0 Å². The van der Waals surface area contributed by atoms with E-state index >= 15 is 0 Å². The van der Waals surface area contributed by atoms with E-state index in [0.717, 1.165) is 30.5 Å². The number of carbonyl (C=O) groups excluding carboxylic acids is 2. The van der Waals surface area contributed by atoms with Crippen molar-refractivity contribution in [3.63, 3.8) is 0 Å². The topological polar surface area (TPSA) is 34.1 Å². The molecule has 0 radical (unpaired) electrons. The lowest BCUT2D eigenvalue weighted by Crippen LogP contribution is -2.16. The normalized spacial score (nSPS) is 12.4. The molecule has 5 heteroatoms. The summed E-state index contributed by atoms with van der Waals surface area (Å²) in [6.07, 6.45) is -1.87. The maximum absolute atomic E-state index is 12.7. The van der Waals surface area contributed by atoms with Gasteiger partial charge >= 0.3 is 6.18 Å². The molecule has 166 valence electrons. The molecule has 1 atom stereocenters. The van der Waals surface area contributed by atoms with Crippen LogP contribution in [0.4, 0.5) is 13.2 Å². The van der Waals surface area contributed by atoms with Crippen molar-refractivity contribution in [3.05, 3.63) is 95.6 Å². The Morgan fingerprint density at radius 2 is 1.38 bits per heavy atom. The second-order valence-electron chi connectivity index (χ2n) is 7.97. The predicted molar refractivity (Wildman–Crippen MR) is 119 cm³/mol. The van der Waals surface area contributed by atoms with Crippen molar-refractivity contribution in [3.8, 4) is 11.1 Å². The molecule has 0 aliphatic rings. The first-order chi connectivity index (χ1) is 15.2. The SMILES string of the molecule is CC(=O)C(CCCc1ccccc1)CC(=O)c1ccc(-c2ccc(C(F)(F)F)cc2)cc1. The van der Waals surface area contributed by atoms with E-state index in [0.29, 0.717) is 17.5 Å². The van der Waals surface area contributed by atoms with Gasteiger partial charge in [0.1, 0.15) is 5.78 Å². The number of rotatable bonds is 9. The molecule has 0 bridgehead atoms. The quantitative estimate of drug-likeness (QED) is 0.332. The number of benzene rings is 3. The lowest BCUT2D eigenvalue weighted by atomic mass is 9.89. The number of hydrogen-bond donors (Lipinski definition) is 0. The zero-order valence-corrected chi connectivity index (χ0v) is 17.9. The smallest absolute Gasteiger partial charge is 0.300 e. The Morgan fingerprint density at radius 1 is 0.812 bits per heavy atom. The Labute approximate surface area is 186 Å².